The fourth-order valence-corrected chi connectivity index (χ4v) is 0.494. The summed E-state index contributed by atoms with van der Waals surface area (Å²) in [6.07, 6.45) is 0. The second-order valence-electron chi connectivity index (χ2n) is 1.37. The van der Waals surface area contributed by atoms with Gasteiger partial charge in [0.1, 0.15) is 0 Å². The van der Waals surface area contributed by atoms with E-state index in [1.807, 2.05) is 0 Å². The van der Waals surface area contributed by atoms with Crippen molar-refractivity contribution in [3.05, 3.63) is 6.92 Å². The third kappa shape index (κ3) is 2.31. The molecular weight excluding hydrogens is 172 g/mol. The molecule has 1 radical (unpaired) electrons. The van der Waals surface area contributed by atoms with Crippen LogP contribution in [0.1, 0.15) is 0 Å². The molecule has 0 heterocycles. The van der Waals surface area contributed by atoms with Crippen molar-refractivity contribution in [3.63, 3.8) is 0 Å². The van der Waals surface area contributed by atoms with Crippen molar-refractivity contribution in [1.29, 1.82) is 0 Å². The Kier molecular flexibility index (Phi) is 3.87. The number of hydrogen-bond donors (Lipinski definition) is 0. The SMILES string of the molecule is [CH2]C(CBr)C(=O)OC. The largest absolute Gasteiger partial charge is 0.469 e. The Balaban J connectivity index is 3.46. The van der Waals surface area contributed by atoms with Gasteiger partial charge in [-0.15, -0.1) is 0 Å². The second kappa shape index (κ2) is 3.89. The van der Waals surface area contributed by atoms with E-state index in [4.69, 9.17) is 0 Å². The molecule has 0 N–H and O–H groups in total. The molecule has 0 aliphatic carbocycles. The van der Waals surface area contributed by atoms with E-state index in [9.17, 15) is 4.79 Å². The summed E-state index contributed by atoms with van der Waals surface area (Å²) in [7, 11) is 1.35. The van der Waals surface area contributed by atoms with E-state index >= 15 is 0 Å². The smallest absolute Gasteiger partial charge is 0.309 e. The molecule has 0 amide bonds. The Morgan fingerprint density at radius 1 is 2.00 bits per heavy atom. The molecule has 0 aliphatic heterocycles. The lowest BCUT2D eigenvalue weighted by Gasteiger charge is -2.01. The van der Waals surface area contributed by atoms with E-state index < -0.39 is 0 Å². The number of alkyl halides is 1. The van der Waals surface area contributed by atoms with Gasteiger partial charge in [-0.05, 0) is 6.92 Å². The molecule has 0 aromatic carbocycles. The second-order valence-corrected chi connectivity index (χ2v) is 2.02. The van der Waals surface area contributed by atoms with Crippen molar-refractivity contribution in [3.8, 4) is 0 Å². The first kappa shape index (κ1) is 7.95. The summed E-state index contributed by atoms with van der Waals surface area (Å²) in [5.41, 5.74) is 0. The van der Waals surface area contributed by atoms with Crippen LogP contribution in [0.25, 0.3) is 0 Å². The Morgan fingerprint density at radius 2 is 2.50 bits per heavy atom. The summed E-state index contributed by atoms with van der Waals surface area (Å²) in [6, 6.07) is 0. The molecule has 1 unspecified atom stereocenters. The minimum atomic E-state index is -0.278. The fourth-order valence-electron chi connectivity index (χ4n) is 0.230. The van der Waals surface area contributed by atoms with Crippen LogP contribution in [0, 0.1) is 12.8 Å². The molecule has 0 saturated carbocycles. The van der Waals surface area contributed by atoms with Crippen LogP contribution in [-0.2, 0) is 9.53 Å². The summed E-state index contributed by atoms with van der Waals surface area (Å²) >= 11 is 3.09. The number of halogens is 1. The van der Waals surface area contributed by atoms with E-state index in [0.29, 0.717) is 5.33 Å². The highest BCUT2D eigenvalue weighted by Gasteiger charge is 2.09. The number of carbonyl (C=O) groups excluding carboxylic acids is 1. The number of carbonyl (C=O) groups is 1. The summed E-state index contributed by atoms with van der Waals surface area (Å²) in [4.78, 5) is 10.4. The molecule has 0 fully saturated rings. The average molecular weight is 180 g/mol. The van der Waals surface area contributed by atoms with Crippen LogP contribution >= 0.6 is 15.9 Å². The molecule has 0 bridgehead atoms. The summed E-state index contributed by atoms with van der Waals surface area (Å²) in [6.45, 7) is 3.51. The highest BCUT2D eigenvalue weighted by atomic mass is 79.9. The standard InChI is InChI=1S/C5H8BrO2/c1-4(3-6)5(7)8-2/h4H,1,3H2,2H3. The fraction of sp³-hybridized carbons (Fsp3) is 0.600. The monoisotopic (exact) mass is 179 g/mol. The van der Waals surface area contributed by atoms with E-state index in [1.54, 1.807) is 0 Å². The molecule has 0 aliphatic rings. The van der Waals surface area contributed by atoms with E-state index in [0.717, 1.165) is 0 Å². The van der Waals surface area contributed by atoms with Crippen molar-refractivity contribution in [2.45, 2.75) is 0 Å². The minimum Gasteiger partial charge on any atom is -0.469 e. The van der Waals surface area contributed by atoms with Gasteiger partial charge in [0, 0.05) is 5.33 Å². The number of rotatable bonds is 2. The predicted octanol–water partition coefficient (Wildman–Crippen LogP) is 1.00. The normalized spacial score (nSPS) is 12.9. The van der Waals surface area contributed by atoms with Crippen LogP contribution in [0.2, 0.25) is 0 Å². The molecule has 1 atom stereocenters. The average Bonchev–Trinajstić information content (AvgIpc) is 1.84. The third-order valence-electron chi connectivity index (χ3n) is 0.721. The molecule has 47 valence electrons. The predicted molar refractivity (Wildman–Crippen MR) is 34.7 cm³/mol. The molecule has 0 rings (SSSR count). The van der Waals surface area contributed by atoms with E-state index in [1.165, 1.54) is 7.11 Å². The third-order valence-corrected chi connectivity index (χ3v) is 1.50. The van der Waals surface area contributed by atoms with Gasteiger partial charge in [-0.1, -0.05) is 15.9 Å². The van der Waals surface area contributed by atoms with Gasteiger partial charge in [-0.3, -0.25) is 4.79 Å². The maximum absolute atomic E-state index is 10.4. The lowest BCUT2D eigenvalue weighted by Crippen LogP contribution is -2.13. The minimum absolute atomic E-state index is 0.276. The molecule has 0 aromatic rings. The molecule has 8 heavy (non-hydrogen) atoms. The van der Waals surface area contributed by atoms with E-state index in [2.05, 4.69) is 27.6 Å². The topological polar surface area (TPSA) is 26.3 Å². The van der Waals surface area contributed by atoms with Gasteiger partial charge < -0.3 is 4.74 Å². The number of ether oxygens (including phenoxy) is 1. The van der Waals surface area contributed by atoms with Crippen molar-refractivity contribution in [2.75, 3.05) is 12.4 Å². The maximum Gasteiger partial charge on any atom is 0.309 e. The highest BCUT2D eigenvalue weighted by Crippen LogP contribution is 1.99. The lowest BCUT2D eigenvalue weighted by atomic mass is 10.2. The van der Waals surface area contributed by atoms with Crippen LogP contribution in [0.3, 0.4) is 0 Å². The first-order chi connectivity index (χ1) is 3.72. The van der Waals surface area contributed by atoms with Gasteiger partial charge in [0.05, 0.1) is 13.0 Å². The number of esters is 1. The Hall–Kier alpha value is -0.0500. The summed E-state index contributed by atoms with van der Waals surface area (Å²) in [5.74, 6) is -0.554. The van der Waals surface area contributed by atoms with Crippen molar-refractivity contribution >= 4 is 21.9 Å². The molecule has 0 aromatic heterocycles. The van der Waals surface area contributed by atoms with Crippen LogP contribution in [0.5, 0.6) is 0 Å². The van der Waals surface area contributed by atoms with Crippen molar-refractivity contribution in [2.24, 2.45) is 5.92 Å². The van der Waals surface area contributed by atoms with Gasteiger partial charge in [-0.25, -0.2) is 0 Å². The van der Waals surface area contributed by atoms with Gasteiger partial charge in [0.2, 0.25) is 0 Å². The van der Waals surface area contributed by atoms with Gasteiger partial charge in [0.25, 0.3) is 0 Å². The Bertz CT molecular complexity index is 82.5. The van der Waals surface area contributed by atoms with Gasteiger partial charge in [-0.2, -0.15) is 0 Å². The highest BCUT2D eigenvalue weighted by molar-refractivity contribution is 9.09. The number of hydrogen-bond acceptors (Lipinski definition) is 2. The Morgan fingerprint density at radius 3 is 2.62 bits per heavy atom. The molecular formula is C5H8BrO2. The first-order valence-corrected chi connectivity index (χ1v) is 3.31. The van der Waals surface area contributed by atoms with Crippen LogP contribution < -0.4 is 0 Å². The van der Waals surface area contributed by atoms with Gasteiger partial charge >= 0.3 is 5.97 Å². The van der Waals surface area contributed by atoms with Crippen LogP contribution in [0.15, 0.2) is 0 Å². The van der Waals surface area contributed by atoms with Crippen molar-refractivity contribution < 1.29 is 9.53 Å². The van der Waals surface area contributed by atoms with Gasteiger partial charge in [0.15, 0.2) is 0 Å². The molecule has 2 nitrogen and oxygen atoms in total. The molecule has 3 heteroatoms. The summed E-state index contributed by atoms with van der Waals surface area (Å²) < 4.78 is 4.37. The number of methoxy groups -OCH3 is 1. The van der Waals surface area contributed by atoms with Crippen LogP contribution in [0.4, 0.5) is 0 Å². The first-order valence-electron chi connectivity index (χ1n) is 2.19. The van der Waals surface area contributed by atoms with Crippen molar-refractivity contribution in [1.82, 2.24) is 0 Å². The maximum atomic E-state index is 10.4. The summed E-state index contributed by atoms with van der Waals surface area (Å²) in [5, 5.41) is 0.555. The lowest BCUT2D eigenvalue weighted by molar-refractivity contribution is -0.143. The zero-order valence-corrected chi connectivity index (χ0v) is 6.27. The zero-order valence-electron chi connectivity index (χ0n) is 4.69. The van der Waals surface area contributed by atoms with E-state index in [-0.39, 0.29) is 11.9 Å². The molecule has 0 spiro atoms. The van der Waals surface area contributed by atoms with Crippen LogP contribution in [-0.4, -0.2) is 18.4 Å². The zero-order chi connectivity index (χ0) is 6.57. The molecule has 0 saturated heterocycles. The Labute approximate surface area is 57.3 Å². The quantitative estimate of drug-likeness (QED) is 0.468.